The number of nitrogens with two attached hydrogens (primary N) is 3. The summed E-state index contributed by atoms with van der Waals surface area (Å²) >= 11 is 8.66. The summed E-state index contributed by atoms with van der Waals surface area (Å²) in [7, 11) is -0.430. The van der Waals surface area contributed by atoms with Gasteiger partial charge in [-0.15, -0.1) is 0 Å². The van der Waals surface area contributed by atoms with Crippen molar-refractivity contribution in [3.63, 3.8) is 0 Å². The van der Waals surface area contributed by atoms with Crippen molar-refractivity contribution in [2.75, 3.05) is 59.3 Å². The van der Waals surface area contributed by atoms with Gasteiger partial charge in [-0.25, -0.2) is 63.6 Å². The molecule has 2 atom stereocenters. The summed E-state index contributed by atoms with van der Waals surface area (Å²) in [5, 5.41) is 27.6. The highest BCUT2D eigenvalue weighted by Gasteiger charge is 2.52. The predicted molar refractivity (Wildman–Crippen MR) is 482 cm³/mol. The molecule has 0 saturated carbocycles. The van der Waals surface area contributed by atoms with Gasteiger partial charge in [0, 0.05) is 82.2 Å². The maximum absolute atomic E-state index is 12.7. The van der Waals surface area contributed by atoms with Crippen LogP contribution in [0.15, 0.2) is 192 Å². The number of fused-ring (bicyclic) bond motifs is 2. The van der Waals surface area contributed by atoms with Gasteiger partial charge in [-0.05, 0) is 281 Å². The molecule has 12 aromatic rings. The minimum absolute atomic E-state index is 0.0582. The van der Waals surface area contributed by atoms with Gasteiger partial charge in [-0.3, -0.25) is 14.4 Å². The van der Waals surface area contributed by atoms with Gasteiger partial charge in [-0.1, -0.05) is 56.1 Å². The van der Waals surface area contributed by atoms with Crippen molar-refractivity contribution in [1.29, 1.82) is 0 Å². The van der Waals surface area contributed by atoms with Gasteiger partial charge in [0.2, 0.25) is 0 Å². The number of aryl methyl sites for hydroxylation is 4. The Morgan fingerprint density at radius 3 is 1.24 bits per heavy atom. The fourth-order valence-electron chi connectivity index (χ4n) is 12.2. The van der Waals surface area contributed by atoms with Crippen molar-refractivity contribution < 1.29 is 52.7 Å². The van der Waals surface area contributed by atoms with Crippen LogP contribution in [-0.4, -0.2) is 166 Å². The number of benzene rings is 4. The Labute approximate surface area is 731 Å². The topological polar surface area (TPSA) is 419 Å². The summed E-state index contributed by atoms with van der Waals surface area (Å²) in [6.45, 7) is 29.2. The Morgan fingerprint density at radius 1 is 0.496 bits per heavy atom. The predicted octanol–water partition coefficient (Wildman–Crippen LogP) is 15.9. The molecular formula is C86H96BBr2IN20O11. The number of hydrogen-bond donors (Lipinski definition) is 7. The Kier molecular flexibility index (Phi) is 30.2. The van der Waals surface area contributed by atoms with Crippen molar-refractivity contribution in [3.8, 4) is 11.3 Å². The van der Waals surface area contributed by atoms with E-state index in [2.05, 4.69) is 115 Å². The van der Waals surface area contributed by atoms with Crippen LogP contribution in [0.2, 0.25) is 0 Å². The average Bonchev–Trinajstić information content (AvgIpc) is 1.60. The number of amides is 5. The summed E-state index contributed by atoms with van der Waals surface area (Å²) in [6, 6.07) is 42.8. The first-order chi connectivity index (χ1) is 57.2. The van der Waals surface area contributed by atoms with Crippen molar-refractivity contribution in [2.45, 2.75) is 144 Å². The minimum atomic E-state index is -0.896. The molecule has 121 heavy (non-hydrogen) atoms. The van der Waals surface area contributed by atoms with Crippen LogP contribution >= 0.6 is 54.5 Å². The molecule has 630 valence electrons. The molecule has 5 amide bonds. The molecule has 3 fully saturated rings. The van der Waals surface area contributed by atoms with Crippen molar-refractivity contribution in [2.24, 2.45) is 0 Å². The number of carboxylic acids is 1. The monoisotopic (exact) mass is 1880 g/mol. The van der Waals surface area contributed by atoms with Gasteiger partial charge in [0.25, 0.3) is 17.7 Å². The summed E-state index contributed by atoms with van der Waals surface area (Å²) in [6.07, 6.45) is 10.4. The summed E-state index contributed by atoms with van der Waals surface area (Å²) in [5.74, 6) is 1.41. The third kappa shape index (κ3) is 25.3. The van der Waals surface area contributed by atoms with E-state index in [0.29, 0.717) is 112 Å². The Hall–Kier alpha value is -11.9. The Bertz CT molecular complexity index is 5640. The largest absolute Gasteiger partial charge is 0.494 e. The number of nitrogens with one attached hydrogen (secondary N) is 3. The molecule has 3 saturated heterocycles. The third-order valence-electron chi connectivity index (χ3n) is 19.0. The van der Waals surface area contributed by atoms with Crippen LogP contribution in [-0.2, 0) is 18.8 Å². The molecule has 0 aliphatic carbocycles. The summed E-state index contributed by atoms with van der Waals surface area (Å²) < 4.78 is 29.3. The van der Waals surface area contributed by atoms with E-state index < -0.39 is 24.3 Å². The van der Waals surface area contributed by atoms with E-state index in [1.54, 1.807) is 101 Å². The lowest BCUT2D eigenvalue weighted by atomic mass is 9.79. The number of hydrogen-bond acceptors (Lipinski definition) is 23. The number of anilines is 6. The fourth-order valence-corrected chi connectivity index (χ4v) is 13.5. The number of pyridine rings is 4. The van der Waals surface area contributed by atoms with E-state index >= 15 is 0 Å². The summed E-state index contributed by atoms with van der Waals surface area (Å²) in [5.41, 5.74) is 25.5. The van der Waals surface area contributed by atoms with E-state index in [1.165, 1.54) is 12.7 Å². The van der Waals surface area contributed by atoms with Gasteiger partial charge in [-0.2, -0.15) is 10.2 Å². The van der Waals surface area contributed by atoms with Crippen LogP contribution in [0.4, 0.5) is 44.5 Å². The maximum atomic E-state index is 12.7. The summed E-state index contributed by atoms with van der Waals surface area (Å²) in [4.78, 5) is 109. The zero-order valence-corrected chi connectivity index (χ0v) is 74.8. The molecule has 0 radical (unpaired) electrons. The second kappa shape index (κ2) is 40.0. The maximum Gasteiger partial charge on any atom is 0.494 e. The molecule has 4 aromatic carbocycles. The minimum Gasteiger partial charge on any atom is -0.478 e. The number of nitrogens with zero attached hydrogens (tertiary/aromatic N) is 14. The first-order valence-electron chi connectivity index (χ1n) is 38.5. The average molecular weight is 1880 g/mol. The number of rotatable bonds is 11. The van der Waals surface area contributed by atoms with E-state index in [-0.39, 0.29) is 53.2 Å². The number of aromatic nitrogens is 12. The molecule has 0 bridgehead atoms. The Balaban J connectivity index is 0.000000163. The number of carbonyl (C=O) groups excluding carboxylic acids is 5. The molecule has 31 nitrogen and oxygen atoms in total. The number of carboxylic acid groups (broad SMARTS) is 1. The standard InChI is InChI=1S/C27H30N8O3.C19H23BN2O3.C14H19IN6O2.C13H11BrN2O.C7H5BrO2.C6H8N2/c1-16-9-11-29-20(13-16)32-25(36)18-7-5-17(6-8-18)22-21-23(28)30-15-31-24(21)35(33-22)19-10-12-34(14-19)26(37)38-27(2,3)4;1-13-10-11-21-16(12-13)22-17(23)14-6-8-15(9-7-14)20-24-18(2,3)19(4,5)25-20;1-14(2,3)23-13(22)20-5-4-8(6-20)21-12-9(10(15)19-21)11(16)17-7-18-12;1-9-6-7-15-12(8-9)16-13(17)10-2-4-11(14)5-3-10;8-6-3-1-5(2-4-6)7(9)10;1-5-2-3-8-6(7)4-5/h5-9,11,13,15,19H,10,12,14H2,1-4H3,(H2,28,30,31)(H,29,32,36);6-12H,1-5H3,(H,21,22,23);7-8H,4-6H2,1-3H3,(H2,16,17,18);2-8H,1H3,(H,15,16,17);1-4H,(H,9,10);2-4H,1H3,(H2,7,8)/t19-;;8-;;;/m1.1.../s1. The molecule has 3 aliphatic heterocycles. The third-order valence-corrected chi connectivity index (χ3v) is 20.9. The molecule has 0 unspecified atom stereocenters. The van der Waals surface area contributed by atoms with E-state index in [1.807, 2.05) is 185 Å². The molecule has 3 aliphatic rings. The Morgan fingerprint density at radius 2 is 0.860 bits per heavy atom. The molecular weight excluding hydrogens is 1790 g/mol. The zero-order chi connectivity index (χ0) is 87.8. The molecule has 35 heteroatoms. The highest BCUT2D eigenvalue weighted by Crippen LogP contribution is 2.38. The van der Waals surface area contributed by atoms with E-state index in [9.17, 15) is 28.8 Å². The molecule has 11 heterocycles. The van der Waals surface area contributed by atoms with Gasteiger partial charge >= 0.3 is 25.3 Å². The highest BCUT2D eigenvalue weighted by atomic mass is 127. The lowest BCUT2D eigenvalue weighted by Crippen LogP contribution is -2.41. The number of nitrogen functional groups attached to an aromatic ring is 3. The number of ether oxygens (including phenoxy) is 2. The molecule has 8 aromatic heterocycles. The normalized spacial score (nSPS) is 15.0. The zero-order valence-electron chi connectivity index (χ0n) is 69.5. The van der Waals surface area contributed by atoms with Gasteiger partial charge in [0.15, 0.2) is 11.3 Å². The molecule has 10 N–H and O–H groups in total. The molecule has 0 spiro atoms. The number of carbonyl (C=O) groups is 6. The van der Waals surface area contributed by atoms with Gasteiger partial charge in [0.05, 0.1) is 39.6 Å². The van der Waals surface area contributed by atoms with E-state index in [4.69, 9.17) is 46.2 Å². The van der Waals surface area contributed by atoms with Crippen LogP contribution in [0.5, 0.6) is 0 Å². The van der Waals surface area contributed by atoms with Crippen molar-refractivity contribution in [1.82, 2.24) is 69.2 Å². The van der Waals surface area contributed by atoms with E-state index in [0.717, 1.165) is 57.7 Å². The number of likely N-dealkylation sites (tertiary alicyclic amines) is 2. The number of halogens is 3. The van der Waals surface area contributed by atoms with Crippen molar-refractivity contribution in [3.05, 3.63) is 240 Å². The van der Waals surface area contributed by atoms with Crippen LogP contribution in [0.25, 0.3) is 33.3 Å². The van der Waals surface area contributed by atoms with Crippen molar-refractivity contribution >= 4 is 160 Å². The van der Waals surface area contributed by atoms with Crippen LogP contribution in [0.3, 0.4) is 0 Å². The van der Waals surface area contributed by atoms with Crippen LogP contribution < -0.4 is 38.6 Å². The quantitative estimate of drug-likeness (QED) is 0.0467. The number of aromatic carboxylic acids is 1. The highest BCUT2D eigenvalue weighted by molar-refractivity contribution is 14.1. The van der Waals surface area contributed by atoms with Crippen LogP contribution in [0.1, 0.15) is 158 Å². The lowest BCUT2D eigenvalue weighted by molar-refractivity contribution is 0.00578. The first kappa shape index (κ1) is 91.4. The fraction of sp³-hybridized carbons (Fsp3) is 0.302. The first-order valence-corrected chi connectivity index (χ1v) is 41.1. The van der Waals surface area contributed by atoms with Crippen LogP contribution in [0, 0.1) is 31.4 Å². The second-order valence-electron chi connectivity index (χ2n) is 31.6. The SMILES string of the molecule is CC(C)(C)OC(=O)N1CC[C@@H](n2nc(I)c3c(N)ncnc32)C1.Cc1ccnc(N)c1.Cc1ccnc(NC(=O)c2ccc(-c3nn([C@@H]4CCN(C(=O)OC(C)(C)C)C4)c4ncnc(N)c34)cc2)c1.Cc1ccnc(NC(=O)c2ccc(B3OC(C)(C)C(C)(C)O3)cc2)c1.Cc1ccnc(NC(=O)c2ccc(Br)cc2)c1.O=C(O)c1ccc(Br)cc1. The molecule has 15 rings (SSSR count). The van der Waals surface area contributed by atoms with Gasteiger partial charge in [0.1, 0.15) is 68.2 Å². The second-order valence-corrected chi connectivity index (χ2v) is 34.4. The lowest BCUT2D eigenvalue weighted by Gasteiger charge is -2.32. The van der Waals surface area contributed by atoms with Gasteiger partial charge < -0.3 is 66.8 Å². The smallest absolute Gasteiger partial charge is 0.478 e.